The van der Waals surface area contributed by atoms with E-state index in [4.69, 9.17) is 14.7 Å². The van der Waals surface area contributed by atoms with Gasteiger partial charge in [-0.05, 0) is 57.6 Å². The highest BCUT2D eigenvalue weighted by atomic mass is 32.2. The van der Waals surface area contributed by atoms with Crippen LogP contribution in [0.1, 0.15) is 51.1 Å². The average molecular weight is 483 g/mol. The molecule has 4 aliphatic rings. The predicted octanol–water partition coefficient (Wildman–Crippen LogP) is 2.95. The quantitative estimate of drug-likeness (QED) is 0.624. The number of pyridine rings is 1. The zero-order valence-electron chi connectivity index (χ0n) is 19.3. The molecule has 2 unspecified atom stereocenters. The van der Waals surface area contributed by atoms with E-state index in [0.29, 0.717) is 30.1 Å². The van der Waals surface area contributed by atoms with E-state index in [1.54, 1.807) is 12.3 Å². The predicted molar refractivity (Wildman–Crippen MR) is 130 cm³/mol. The van der Waals surface area contributed by atoms with Crippen LogP contribution in [-0.4, -0.2) is 62.3 Å². The maximum Gasteiger partial charge on any atom is 0.320 e. The van der Waals surface area contributed by atoms with Crippen LogP contribution in [0.15, 0.2) is 24.4 Å². The van der Waals surface area contributed by atoms with Gasteiger partial charge in [-0.1, -0.05) is 0 Å². The number of hydrogen-bond donors (Lipinski definition) is 2. The van der Waals surface area contributed by atoms with Gasteiger partial charge in [-0.3, -0.25) is 9.53 Å². The number of carbonyl (C=O) groups is 1. The molecule has 9 nitrogen and oxygen atoms in total. The van der Waals surface area contributed by atoms with Gasteiger partial charge in [-0.2, -0.15) is 0 Å². The molecule has 1 aliphatic heterocycles. The van der Waals surface area contributed by atoms with Crippen molar-refractivity contribution in [1.82, 2.24) is 20.3 Å². The lowest BCUT2D eigenvalue weighted by Crippen LogP contribution is -2.44. The molecule has 4 fully saturated rings. The molecule has 0 radical (unpaired) electrons. The normalized spacial score (nSPS) is 24.4. The van der Waals surface area contributed by atoms with E-state index in [0.717, 1.165) is 62.1 Å². The summed E-state index contributed by atoms with van der Waals surface area (Å²) < 4.78 is 18.6. The number of morpholine rings is 1. The first kappa shape index (κ1) is 21.9. The van der Waals surface area contributed by atoms with Gasteiger partial charge in [-0.15, -0.1) is 0 Å². The van der Waals surface area contributed by atoms with Crippen LogP contribution in [0.5, 0.6) is 0 Å². The molecule has 34 heavy (non-hydrogen) atoms. The average Bonchev–Trinajstić information content (AvgIpc) is 3.69. The lowest BCUT2D eigenvalue weighted by Gasteiger charge is -2.34. The van der Waals surface area contributed by atoms with E-state index in [1.165, 1.54) is 0 Å². The first-order chi connectivity index (χ1) is 16.5. The van der Waals surface area contributed by atoms with Gasteiger partial charge >= 0.3 is 6.03 Å². The van der Waals surface area contributed by atoms with Gasteiger partial charge in [0.2, 0.25) is 0 Å². The molecule has 0 spiro atoms. The first-order valence-corrected chi connectivity index (χ1v) is 13.4. The number of amides is 2. The summed E-state index contributed by atoms with van der Waals surface area (Å²) in [5, 5.41) is 5.98. The van der Waals surface area contributed by atoms with Gasteiger partial charge < -0.3 is 15.0 Å². The SMILES string of the molecule is CC1COCCN1c1cc(C2(S(=O)C3CC3)CC2)nc(-c2ccc(NC(=O)NC3CC3)nc2)n1. The number of nitrogens with zero attached hydrogens (tertiary/aromatic N) is 4. The molecule has 6 rings (SSSR count). The maximum absolute atomic E-state index is 13.3. The fraction of sp³-hybridized carbons (Fsp3) is 0.583. The van der Waals surface area contributed by atoms with Crippen molar-refractivity contribution in [3.8, 4) is 11.4 Å². The summed E-state index contributed by atoms with van der Waals surface area (Å²) >= 11 is 0. The molecule has 2 atom stereocenters. The van der Waals surface area contributed by atoms with Crippen molar-refractivity contribution in [2.24, 2.45) is 0 Å². The number of ether oxygens (including phenoxy) is 1. The van der Waals surface area contributed by atoms with Crippen molar-refractivity contribution in [2.75, 3.05) is 30.0 Å². The largest absolute Gasteiger partial charge is 0.377 e. The van der Waals surface area contributed by atoms with Gasteiger partial charge in [-0.25, -0.2) is 19.7 Å². The van der Waals surface area contributed by atoms with Gasteiger partial charge in [0.15, 0.2) is 5.82 Å². The Kier molecular flexibility index (Phi) is 5.52. The van der Waals surface area contributed by atoms with E-state index in [1.807, 2.05) is 12.1 Å². The Bertz CT molecular complexity index is 1110. The highest BCUT2D eigenvalue weighted by molar-refractivity contribution is 7.87. The van der Waals surface area contributed by atoms with Gasteiger partial charge in [0.05, 0.1) is 29.7 Å². The molecule has 0 bridgehead atoms. The molecule has 180 valence electrons. The molecule has 3 aliphatic carbocycles. The fourth-order valence-corrected chi connectivity index (χ4v) is 6.47. The second-order valence-corrected chi connectivity index (χ2v) is 11.9. The zero-order chi connectivity index (χ0) is 23.3. The Hall–Kier alpha value is -2.59. The van der Waals surface area contributed by atoms with Gasteiger partial charge in [0, 0.05) is 46.5 Å². The number of urea groups is 1. The third-order valence-corrected chi connectivity index (χ3v) is 9.40. The van der Waals surface area contributed by atoms with Crippen molar-refractivity contribution in [3.05, 3.63) is 30.1 Å². The monoisotopic (exact) mass is 482 g/mol. The minimum Gasteiger partial charge on any atom is -0.377 e. The molecule has 0 aromatic carbocycles. The number of nitrogens with one attached hydrogen (secondary N) is 2. The summed E-state index contributed by atoms with van der Waals surface area (Å²) in [5.74, 6) is 1.90. The van der Waals surface area contributed by atoms with Crippen LogP contribution in [0.2, 0.25) is 0 Å². The number of anilines is 2. The Morgan fingerprint density at radius 3 is 2.68 bits per heavy atom. The summed E-state index contributed by atoms with van der Waals surface area (Å²) in [7, 11) is -0.911. The summed E-state index contributed by atoms with van der Waals surface area (Å²) in [5.41, 5.74) is 1.65. The molecular weight excluding hydrogens is 452 g/mol. The molecule has 2 N–H and O–H groups in total. The van der Waals surface area contributed by atoms with E-state index >= 15 is 0 Å². The van der Waals surface area contributed by atoms with Crippen LogP contribution in [0, 0.1) is 0 Å². The zero-order valence-corrected chi connectivity index (χ0v) is 20.1. The second-order valence-electron chi connectivity index (χ2n) is 9.85. The van der Waals surface area contributed by atoms with E-state index in [-0.39, 0.29) is 22.9 Å². The Morgan fingerprint density at radius 1 is 1.21 bits per heavy atom. The molecule has 2 aromatic heterocycles. The first-order valence-electron chi connectivity index (χ1n) is 12.2. The van der Waals surface area contributed by atoms with E-state index in [2.05, 4.69) is 27.4 Å². The summed E-state index contributed by atoms with van der Waals surface area (Å²) in [6, 6.07) is 5.94. The van der Waals surface area contributed by atoms with Crippen LogP contribution in [-0.2, 0) is 20.3 Å². The second kappa shape index (κ2) is 8.57. The molecule has 3 heterocycles. The van der Waals surface area contributed by atoms with Crippen LogP contribution in [0.4, 0.5) is 16.4 Å². The number of hydrogen-bond acceptors (Lipinski definition) is 7. The summed E-state index contributed by atoms with van der Waals surface area (Å²) in [6.45, 7) is 4.19. The van der Waals surface area contributed by atoms with Gasteiger partial charge in [0.25, 0.3) is 0 Å². The maximum atomic E-state index is 13.3. The summed E-state index contributed by atoms with van der Waals surface area (Å²) in [6.07, 6.45) is 7.66. The molecule has 3 saturated carbocycles. The van der Waals surface area contributed by atoms with Crippen molar-refractivity contribution in [3.63, 3.8) is 0 Å². The lowest BCUT2D eigenvalue weighted by molar-refractivity contribution is 0.0985. The number of aromatic nitrogens is 3. The Morgan fingerprint density at radius 2 is 2.03 bits per heavy atom. The fourth-order valence-electron chi connectivity index (χ4n) is 4.45. The molecule has 10 heteroatoms. The minimum absolute atomic E-state index is 0.197. The molecule has 1 saturated heterocycles. The van der Waals surface area contributed by atoms with Crippen molar-refractivity contribution in [1.29, 1.82) is 0 Å². The Balaban J connectivity index is 1.31. The molecule has 2 aromatic rings. The van der Waals surface area contributed by atoms with E-state index in [9.17, 15) is 9.00 Å². The van der Waals surface area contributed by atoms with E-state index < -0.39 is 10.8 Å². The highest BCUT2D eigenvalue weighted by Gasteiger charge is 2.55. The third kappa shape index (κ3) is 4.40. The Labute approximate surface area is 201 Å². The van der Waals surface area contributed by atoms with Crippen LogP contribution < -0.4 is 15.5 Å². The van der Waals surface area contributed by atoms with Crippen LogP contribution in [0.3, 0.4) is 0 Å². The third-order valence-electron chi connectivity index (χ3n) is 6.93. The van der Waals surface area contributed by atoms with Crippen molar-refractivity contribution < 1.29 is 13.7 Å². The van der Waals surface area contributed by atoms with Gasteiger partial charge in [0.1, 0.15) is 11.6 Å². The minimum atomic E-state index is -0.911. The highest BCUT2D eigenvalue weighted by Crippen LogP contribution is 2.55. The standard InChI is InChI=1S/C24H30N6O3S/c1-15-14-33-11-10-30(15)21-12-19(24(8-9-24)34(32)18-5-6-18)27-22(29-21)16-2-7-20(25-13-16)28-23(31)26-17-3-4-17/h2,7,12-13,15,17-18H,3-6,8-11,14H2,1H3,(H2,25,26,28,31). The van der Waals surface area contributed by atoms with Crippen molar-refractivity contribution in [2.45, 2.75) is 67.5 Å². The van der Waals surface area contributed by atoms with Crippen LogP contribution >= 0.6 is 0 Å². The summed E-state index contributed by atoms with van der Waals surface area (Å²) in [4.78, 5) is 28.5. The topological polar surface area (TPSA) is 109 Å². The smallest absolute Gasteiger partial charge is 0.320 e. The van der Waals surface area contributed by atoms with Crippen molar-refractivity contribution >= 4 is 28.5 Å². The molecule has 2 amide bonds. The molecular formula is C24H30N6O3S. The lowest BCUT2D eigenvalue weighted by atomic mass is 10.2. The number of rotatable bonds is 7. The van der Waals surface area contributed by atoms with Crippen LogP contribution in [0.25, 0.3) is 11.4 Å². The number of carbonyl (C=O) groups excluding carboxylic acids is 1.